The number of hydrogen-bond acceptors (Lipinski definition) is 4. The van der Waals surface area contributed by atoms with Crippen molar-refractivity contribution in [2.75, 3.05) is 18.9 Å². The molecule has 2 amide bonds. The summed E-state index contributed by atoms with van der Waals surface area (Å²) in [7, 11) is 1.56. The van der Waals surface area contributed by atoms with Gasteiger partial charge in [0.05, 0.1) is 30.1 Å². The predicted octanol–water partition coefficient (Wildman–Crippen LogP) is 0.553. The smallest absolute Gasteiger partial charge is 0.321 e. The lowest BCUT2D eigenvalue weighted by Crippen LogP contribution is -2.36. The highest BCUT2D eigenvalue weighted by molar-refractivity contribution is 5.88. The van der Waals surface area contributed by atoms with Crippen LogP contribution in [0, 0.1) is 0 Å². The maximum Gasteiger partial charge on any atom is 0.321 e. The lowest BCUT2D eigenvalue weighted by molar-refractivity contribution is -0.136. The minimum absolute atomic E-state index is 0.157. The highest BCUT2D eigenvalue weighted by Crippen LogP contribution is 2.07. The SMILES string of the molecule is CC(O)CN(C)C(=O)Nc1ccc(CC(=O)O)nc1. The zero-order valence-corrected chi connectivity index (χ0v) is 10.8. The number of carbonyl (C=O) groups is 2. The summed E-state index contributed by atoms with van der Waals surface area (Å²) >= 11 is 0. The van der Waals surface area contributed by atoms with Crippen LogP contribution < -0.4 is 5.32 Å². The summed E-state index contributed by atoms with van der Waals surface area (Å²) in [6.07, 6.45) is 0.634. The standard InChI is InChI=1S/C12H17N3O4/c1-8(16)7-15(2)12(19)14-10-4-3-9(13-6-10)5-11(17)18/h3-4,6,8,16H,5,7H2,1-2H3,(H,14,19)(H,17,18). The molecule has 0 radical (unpaired) electrons. The number of likely N-dealkylation sites (N-methyl/N-ethyl adjacent to an activating group) is 1. The number of nitrogens with one attached hydrogen (secondary N) is 1. The van der Waals surface area contributed by atoms with Crippen LogP contribution in [0.25, 0.3) is 0 Å². The quantitative estimate of drug-likeness (QED) is 0.723. The first kappa shape index (κ1) is 14.9. The molecule has 0 aliphatic carbocycles. The summed E-state index contributed by atoms with van der Waals surface area (Å²) in [6, 6.07) is 2.76. The predicted molar refractivity (Wildman–Crippen MR) is 68.9 cm³/mol. The second-order valence-electron chi connectivity index (χ2n) is 4.27. The van der Waals surface area contributed by atoms with Gasteiger partial charge in [-0.2, -0.15) is 0 Å². The maximum absolute atomic E-state index is 11.7. The molecule has 0 bridgehead atoms. The second kappa shape index (κ2) is 6.69. The Balaban J connectivity index is 2.57. The Bertz CT molecular complexity index is 445. The summed E-state index contributed by atoms with van der Waals surface area (Å²) in [5.74, 6) is -0.957. The Hall–Kier alpha value is -2.15. The topological polar surface area (TPSA) is 103 Å². The van der Waals surface area contributed by atoms with Gasteiger partial charge in [-0.15, -0.1) is 0 Å². The fourth-order valence-electron chi connectivity index (χ4n) is 1.46. The largest absolute Gasteiger partial charge is 0.481 e. The minimum Gasteiger partial charge on any atom is -0.481 e. The number of aliphatic hydroxyl groups is 1. The van der Waals surface area contributed by atoms with Crippen molar-refractivity contribution in [2.45, 2.75) is 19.4 Å². The summed E-state index contributed by atoms with van der Waals surface area (Å²) in [5.41, 5.74) is 0.888. The number of aliphatic carboxylic acids is 1. The van der Waals surface area contributed by atoms with Gasteiger partial charge in [0.2, 0.25) is 0 Å². The molecular weight excluding hydrogens is 250 g/mol. The molecule has 1 unspecified atom stereocenters. The number of aromatic nitrogens is 1. The molecule has 0 saturated heterocycles. The van der Waals surface area contributed by atoms with Crippen molar-refractivity contribution in [3.8, 4) is 0 Å². The molecule has 0 fully saturated rings. The molecule has 1 aromatic rings. The van der Waals surface area contributed by atoms with Crippen LogP contribution in [0.2, 0.25) is 0 Å². The third kappa shape index (κ3) is 5.35. The molecule has 1 heterocycles. The van der Waals surface area contributed by atoms with Crippen molar-refractivity contribution in [3.63, 3.8) is 0 Å². The summed E-state index contributed by atoms with van der Waals surface area (Å²) < 4.78 is 0. The van der Waals surface area contributed by atoms with Gasteiger partial charge in [-0.1, -0.05) is 0 Å². The van der Waals surface area contributed by atoms with Crippen LogP contribution in [0.15, 0.2) is 18.3 Å². The van der Waals surface area contributed by atoms with Crippen molar-refractivity contribution in [1.82, 2.24) is 9.88 Å². The molecule has 0 aliphatic heterocycles. The van der Waals surface area contributed by atoms with E-state index < -0.39 is 12.1 Å². The number of aliphatic hydroxyl groups excluding tert-OH is 1. The molecule has 0 saturated carbocycles. The van der Waals surface area contributed by atoms with Gasteiger partial charge in [0.1, 0.15) is 0 Å². The van der Waals surface area contributed by atoms with E-state index in [1.54, 1.807) is 26.1 Å². The van der Waals surface area contributed by atoms with Crippen LogP contribution in [0.5, 0.6) is 0 Å². The molecule has 19 heavy (non-hydrogen) atoms. The third-order valence-corrected chi connectivity index (χ3v) is 2.29. The molecule has 1 atom stereocenters. The molecule has 0 spiro atoms. The van der Waals surface area contributed by atoms with E-state index in [4.69, 9.17) is 10.2 Å². The van der Waals surface area contributed by atoms with Crippen LogP contribution in [0.4, 0.5) is 10.5 Å². The first-order chi connectivity index (χ1) is 8.88. The zero-order chi connectivity index (χ0) is 14.4. The highest BCUT2D eigenvalue weighted by atomic mass is 16.4. The molecule has 1 aromatic heterocycles. The lowest BCUT2D eigenvalue weighted by atomic mass is 10.2. The van der Waals surface area contributed by atoms with Crippen molar-refractivity contribution >= 4 is 17.7 Å². The van der Waals surface area contributed by atoms with E-state index in [0.29, 0.717) is 11.4 Å². The average Bonchev–Trinajstić information content (AvgIpc) is 2.30. The van der Waals surface area contributed by atoms with Crippen LogP contribution in [0.1, 0.15) is 12.6 Å². The lowest BCUT2D eigenvalue weighted by Gasteiger charge is -2.19. The van der Waals surface area contributed by atoms with Gasteiger partial charge in [-0.3, -0.25) is 9.78 Å². The number of carbonyl (C=O) groups excluding carboxylic acids is 1. The number of carboxylic acids is 1. The van der Waals surface area contributed by atoms with Crippen LogP contribution in [-0.4, -0.2) is 51.8 Å². The molecule has 104 valence electrons. The van der Waals surface area contributed by atoms with E-state index in [9.17, 15) is 9.59 Å². The Kier molecular flexibility index (Phi) is 5.25. The van der Waals surface area contributed by atoms with E-state index in [1.165, 1.54) is 11.1 Å². The second-order valence-corrected chi connectivity index (χ2v) is 4.27. The van der Waals surface area contributed by atoms with Crippen LogP contribution in [-0.2, 0) is 11.2 Å². The Morgan fingerprint density at radius 1 is 1.47 bits per heavy atom. The summed E-state index contributed by atoms with van der Waals surface area (Å²) in [5, 5.41) is 20.4. The van der Waals surface area contributed by atoms with Crippen molar-refractivity contribution in [3.05, 3.63) is 24.0 Å². The zero-order valence-electron chi connectivity index (χ0n) is 10.8. The molecule has 3 N–H and O–H groups in total. The van der Waals surface area contributed by atoms with Gasteiger partial charge < -0.3 is 20.4 Å². The normalized spacial score (nSPS) is 11.7. The Labute approximate surface area is 110 Å². The van der Waals surface area contributed by atoms with E-state index >= 15 is 0 Å². The number of hydrogen-bond donors (Lipinski definition) is 3. The van der Waals surface area contributed by atoms with E-state index in [-0.39, 0.29) is 19.0 Å². The van der Waals surface area contributed by atoms with Crippen LogP contribution in [0.3, 0.4) is 0 Å². The van der Waals surface area contributed by atoms with Gasteiger partial charge in [-0.25, -0.2) is 4.79 Å². The first-order valence-corrected chi connectivity index (χ1v) is 5.75. The first-order valence-electron chi connectivity index (χ1n) is 5.75. The van der Waals surface area contributed by atoms with E-state index in [0.717, 1.165) is 0 Å². The molecule has 0 aliphatic rings. The molecular formula is C12H17N3O4. The maximum atomic E-state index is 11.7. The third-order valence-electron chi connectivity index (χ3n) is 2.29. The van der Waals surface area contributed by atoms with Gasteiger partial charge >= 0.3 is 12.0 Å². The van der Waals surface area contributed by atoms with Crippen molar-refractivity contribution in [2.24, 2.45) is 0 Å². The number of urea groups is 1. The number of pyridine rings is 1. The van der Waals surface area contributed by atoms with Crippen LogP contribution >= 0.6 is 0 Å². The molecule has 0 aromatic carbocycles. The van der Waals surface area contributed by atoms with Gasteiger partial charge in [0.25, 0.3) is 0 Å². The van der Waals surface area contributed by atoms with E-state index in [1.807, 2.05) is 0 Å². The highest BCUT2D eigenvalue weighted by Gasteiger charge is 2.11. The number of carboxylic acid groups (broad SMARTS) is 1. The molecule has 7 nitrogen and oxygen atoms in total. The molecule has 1 rings (SSSR count). The van der Waals surface area contributed by atoms with Gasteiger partial charge in [0.15, 0.2) is 0 Å². The fraction of sp³-hybridized carbons (Fsp3) is 0.417. The number of anilines is 1. The minimum atomic E-state index is -0.957. The number of rotatable bonds is 5. The van der Waals surface area contributed by atoms with Gasteiger partial charge in [-0.05, 0) is 19.1 Å². The average molecular weight is 267 g/mol. The summed E-state index contributed by atoms with van der Waals surface area (Å²) in [6.45, 7) is 1.81. The van der Waals surface area contributed by atoms with Crippen molar-refractivity contribution < 1.29 is 19.8 Å². The summed E-state index contributed by atoms with van der Waals surface area (Å²) in [4.78, 5) is 27.4. The van der Waals surface area contributed by atoms with Gasteiger partial charge in [0, 0.05) is 13.6 Å². The monoisotopic (exact) mass is 267 g/mol. The Morgan fingerprint density at radius 3 is 2.63 bits per heavy atom. The fourth-order valence-corrected chi connectivity index (χ4v) is 1.46. The van der Waals surface area contributed by atoms with E-state index in [2.05, 4.69) is 10.3 Å². The Morgan fingerprint density at radius 2 is 2.16 bits per heavy atom. The number of amides is 2. The molecule has 7 heteroatoms. The number of nitrogens with zero attached hydrogens (tertiary/aromatic N) is 2. The van der Waals surface area contributed by atoms with Crippen molar-refractivity contribution in [1.29, 1.82) is 0 Å².